The number of carbonyl (C=O) groups excluding carboxylic acids is 3. The van der Waals surface area contributed by atoms with Crippen molar-refractivity contribution in [3.05, 3.63) is 59.2 Å². The van der Waals surface area contributed by atoms with Gasteiger partial charge in [-0.15, -0.1) is 0 Å². The highest BCUT2D eigenvalue weighted by atomic mass is 16.5. The molecule has 0 spiro atoms. The lowest BCUT2D eigenvalue weighted by Crippen LogP contribution is -2.20. The number of carbonyl (C=O) groups is 3. The van der Waals surface area contributed by atoms with E-state index in [1.54, 1.807) is 24.3 Å². The quantitative estimate of drug-likeness (QED) is 0.874. The maximum absolute atomic E-state index is 12.4. The monoisotopic (exact) mass is 311 g/mol. The number of nitrogens with one attached hydrogen (secondary N) is 1. The molecular weight excluding hydrogens is 298 g/mol. The number of anilines is 1. The first-order chi connectivity index (χ1) is 11.0. The molecule has 0 atom stereocenters. The Morgan fingerprint density at radius 1 is 1.22 bits per heavy atom. The molecule has 1 heterocycles. The first-order valence-electron chi connectivity index (χ1n) is 6.86. The number of furan rings is 1. The van der Waals surface area contributed by atoms with Gasteiger partial charge in [0.25, 0.3) is 0 Å². The Morgan fingerprint density at radius 2 is 2.00 bits per heavy atom. The van der Waals surface area contributed by atoms with Gasteiger partial charge in [-0.3, -0.25) is 14.4 Å². The Morgan fingerprint density at radius 3 is 2.70 bits per heavy atom. The molecule has 0 bridgehead atoms. The third-order valence-electron chi connectivity index (χ3n) is 3.42. The van der Waals surface area contributed by atoms with E-state index < -0.39 is 5.78 Å². The Bertz CT molecular complexity index is 860. The van der Waals surface area contributed by atoms with Crippen LogP contribution in [0.2, 0.25) is 0 Å². The van der Waals surface area contributed by atoms with Crippen LogP contribution in [0.4, 0.5) is 5.69 Å². The first-order valence-corrected chi connectivity index (χ1v) is 6.86. The topological polar surface area (TPSA) is 85.6 Å². The number of benzene rings is 1. The maximum atomic E-state index is 12.4. The molecule has 1 N–H and O–H groups in total. The van der Waals surface area contributed by atoms with Gasteiger partial charge in [0.05, 0.1) is 18.4 Å². The summed E-state index contributed by atoms with van der Waals surface area (Å²) in [6, 6.07) is 8.24. The van der Waals surface area contributed by atoms with E-state index in [9.17, 15) is 14.4 Å². The van der Waals surface area contributed by atoms with Crippen LogP contribution in [0.5, 0.6) is 5.75 Å². The largest absolute Gasteiger partial charge is 0.497 e. The number of ketones is 3. The Hall–Kier alpha value is -3.15. The number of ether oxygens (including phenoxy) is 1. The van der Waals surface area contributed by atoms with Crippen LogP contribution in [0.25, 0.3) is 0 Å². The lowest BCUT2D eigenvalue weighted by Gasteiger charge is -2.13. The molecule has 23 heavy (non-hydrogen) atoms. The van der Waals surface area contributed by atoms with Gasteiger partial charge in [0.15, 0.2) is 23.1 Å². The fraction of sp³-hybridized carbons (Fsp3) is 0.118. The lowest BCUT2D eigenvalue weighted by atomic mass is 9.99. The zero-order valence-electron chi connectivity index (χ0n) is 12.5. The Balaban J connectivity index is 1.93. The maximum Gasteiger partial charge on any atom is 0.245 e. The summed E-state index contributed by atoms with van der Waals surface area (Å²) in [5.41, 5.74) is 0.787. The number of allylic oxidation sites excluding steroid dienone is 2. The highest BCUT2D eigenvalue weighted by Crippen LogP contribution is 2.27. The smallest absolute Gasteiger partial charge is 0.245 e. The molecule has 1 aliphatic carbocycles. The molecule has 0 saturated carbocycles. The molecule has 3 rings (SSSR count). The van der Waals surface area contributed by atoms with Crippen molar-refractivity contribution in [3.63, 3.8) is 0 Å². The van der Waals surface area contributed by atoms with E-state index in [2.05, 4.69) is 5.32 Å². The Labute approximate surface area is 131 Å². The van der Waals surface area contributed by atoms with Crippen LogP contribution < -0.4 is 10.1 Å². The molecule has 0 unspecified atom stereocenters. The summed E-state index contributed by atoms with van der Waals surface area (Å²) in [6.07, 6.45) is 1.20. The molecule has 1 aromatic heterocycles. The van der Waals surface area contributed by atoms with Crippen LogP contribution >= 0.6 is 0 Å². The minimum absolute atomic E-state index is 0.00673. The van der Waals surface area contributed by atoms with Crippen LogP contribution in [0.3, 0.4) is 0 Å². The van der Waals surface area contributed by atoms with Gasteiger partial charge >= 0.3 is 0 Å². The normalized spacial score (nSPS) is 13.4. The highest BCUT2D eigenvalue weighted by molar-refractivity contribution is 6.24. The molecule has 6 heteroatoms. The van der Waals surface area contributed by atoms with Gasteiger partial charge in [-0.05, 0) is 18.2 Å². The summed E-state index contributed by atoms with van der Waals surface area (Å²) in [4.78, 5) is 35.9. The standard InChI is InChI=1S/C17H13NO5/c1-9(19)15-7-12-14(20)8-13(16(21)17(12)23-15)18-10-4-3-5-11(6-10)22-2/h3-8,18H,1-2H3. The van der Waals surface area contributed by atoms with E-state index in [0.29, 0.717) is 11.4 Å². The van der Waals surface area contributed by atoms with E-state index >= 15 is 0 Å². The van der Waals surface area contributed by atoms with Crippen molar-refractivity contribution in [3.8, 4) is 5.75 Å². The average Bonchev–Trinajstić information content (AvgIpc) is 2.99. The second-order valence-corrected chi connectivity index (χ2v) is 5.02. The van der Waals surface area contributed by atoms with Crippen molar-refractivity contribution in [1.82, 2.24) is 0 Å². The van der Waals surface area contributed by atoms with Gasteiger partial charge in [-0.2, -0.15) is 0 Å². The number of rotatable bonds is 4. The summed E-state index contributed by atoms with van der Waals surface area (Å²) >= 11 is 0. The third kappa shape index (κ3) is 2.66. The van der Waals surface area contributed by atoms with E-state index in [4.69, 9.17) is 9.15 Å². The van der Waals surface area contributed by atoms with Gasteiger partial charge in [0, 0.05) is 24.8 Å². The summed E-state index contributed by atoms with van der Waals surface area (Å²) in [6.45, 7) is 1.31. The van der Waals surface area contributed by atoms with Gasteiger partial charge in [-0.1, -0.05) is 6.07 Å². The van der Waals surface area contributed by atoms with E-state index in [0.717, 1.165) is 0 Å². The van der Waals surface area contributed by atoms with Crippen molar-refractivity contribution in [2.45, 2.75) is 6.92 Å². The molecule has 0 amide bonds. The molecule has 0 fully saturated rings. The first kappa shape index (κ1) is 14.8. The van der Waals surface area contributed by atoms with Gasteiger partial charge < -0.3 is 14.5 Å². The van der Waals surface area contributed by atoms with Crippen LogP contribution in [0.15, 0.2) is 46.5 Å². The SMILES string of the molecule is COc1cccc(NC2=CC(=O)c3cc(C(C)=O)oc3C2=O)c1. The van der Waals surface area contributed by atoms with Crippen molar-refractivity contribution in [1.29, 1.82) is 0 Å². The molecule has 0 radical (unpaired) electrons. The second-order valence-electron chi connectivity index (χ2n) is 5.02. The lowest BCUT2D eigenvalue weighted by molar-refractivity contribution is 0.0950. The van der Waals surface area contributed by atoms with Crippen LogP contribution in [0.1, 0.15) is 38.4 Å². The average molecular weight is 311 g/mol. The van der Waals surface area contributed by atoms with Crippen molar-refractivity contribution >= 4 is 23.0 Å². The van der Waals surface area contributed by atoms with Gasteiger partial charge in [-0.25, -0.2) is 0 Å². The molecule has 0 saturated heterocycles. The predicted molar refractivity (Wildman–Crippen MR) is 82.1 cm³/mol. The predicted octanol–water partition coefficient (Wildman–Crippen LogP) is 2.87. The summed E-state index contributed by atoms with van der Waals surface area (Å²) in [7, 11) is 1.53. The second kappa shape index (κ2) is 5.57. The summed E-state index contributed by atoms with van der Waals surface area (Å²) in [5, 5.41) is 2.88. The third-order valence-corrected chi connectivity index (χ3v) is 3.42. The zero-order valence-corrected chi connectivity index (χ0v) is 12.5. The van der Waals surface area contributed by atoms with Crippen LogP contribution in [-0.4, -0.2) is 24.5 Å². The molecular formula is C17H13NO5. The fourth-order valence-corrected chi connectivity index (χ4v) is 2.26. The molecule has 0 aliphatic heterocycles. The fourth-order valence-electron chi connectivity index (χ4n) is 2.26. The van der Waals surface area contributed by atoms with E-state index in [-0.39, 0.29) is 34.3 Å². The van der Waals surface area contributed by atoms with E-state index in [1.165, 1.54) is 26.2 Å². The molecule has 116 valence electrons. The zero-order chi connectivity index (χ0) is 16.6. The Kier molecular flexibility index (Phi) is 3.57. The summed E-state index contributed by atoms with van der Waals surface area (Å²) < 4.78 is 10.3. The molecule has 1 aliphatic rings. The van der Waals surface area contributed by atoms with Crippen molar-refractivity contribution in [2.75, 3.05) is 12.4 Å². The number of hydrogen-bond acceptors (Lipinski definition) is 6. The molecule has 2 aromatic rings. The number of methoxy groups -OCH3 is 1. The molecule has 6 nitrogen and oxygen atoms in total. The van der Waals surface area contributed by atoms with Gasteiger partial charge in [0.1, 0.15) is 5.75 Å². The van der Waals surface area contributed by atoms with Crippen LogP contribution in [0, 0.1) is 0 Å². The minimum atomic E-state index is -0.477. The molecule has 1 aromatic carbocycles. The van der Waals surface area contributed by atoms with E-state index in [1.807, 2.05) is 0 Å². The number of hydrogen-bond donors (Lipinski definition) is 1. The highest BCUT2D eigenvalue weighted by Gasteiger charge is 2.31. The number of Topliss-reactive ketones (excluding diaryl/α,β-unsaturated/α-hetero) is 2. The van der Waals surface area contributed by atoms with Crippen LogP contribution in [-0.2, 0) is 0 Å². The minimum Gasteiger partial charge on any atom is -0.497 e. The summed E-state index contributed by atoms with van der Waals surface area (Å²) in [5.74, 6) is -0.720. The van der Waals surface area contributed by atoms with Crippen molar-refractivity contribution in [2.24, 2.45) is 0 Å². The van der Waals surface area contributed by atoms with Crippen molar-refractivity contribution < 1.29 is 23.5 Å². The number of fused-ring (bicyclic) bond motifs is 1. The van der Waals surface area contributed by atoms with Gasteiger partial charge in [0.2, 0.25) is 5.78 Å².